The first kappa shape index (κ1) is 13.2. The van der Waals surface area contributed by atoms with Crippen LogP contribution in [0.3, 0.4) is 0 Å². The molecule has 0 fully saturated rings. The zero-order chi connectivity index (χ0) is 12.0. The van der Waals surface area contributed by atoms with Crippen LogP contribution >= 0.6 is 0 Å². The van der Waals surface area contributed by atoms with Crippen LogP contribution in [0.4, 0.5) is 0 Å². The van der Waals surface area contributed by atoms with E-state index in [4.69, 9.17) is 4.74 Å². The van der Waals surface area contributed by atoms with Crippen LogP contribution in [0.5, 0.6) is 0 Å². The molecule has 2 atom stereocenters. The summed E-state index contributed by atoms with van der Waals surface area (Å²) >= 11 is 0. The molecule has 1 aromatic carbocycles. The van der Waals surface area contributed by atoms with Gasteiger partial charge in [-0.15, -0.1) is 0 Å². The molecule has 0 radical (unpaired) electrons. The molecule has 2 nitrogen and oxygen atoms in total. The molecule has 0 heterocycles. The minimum atomic E-state index is -0.384. The van der Waals surface area contributed by atoms with E-state index in [1.165, 1.54) is 0 Å². The fourth-order valence-corrected chi connectivity index (χ4v) is 1.96. The lowest BCUT2D eigenvalue weighted by atomic mass is 9.95. The van der Waals surface area contributed by atoms with Crippen molar-refractivity contribution >= 4 is 0 Å². The monoisotopic (exact) mass is 222 g/mol. The Kier molecular flexibility index (Phi) is 5.50. The summed E-state index contributed by atoms with van der Waals surface area (Å²) < 4.78 is 5.70. The molecule has 0 aromatic heterocycles. The molecular weight excluding hydrogens is 200 g/mol. The summed E-state index contributed by atoms with van der Waals surface area (Å²) in [4.78, 5) is 0. The molecule has 0 aliphatic carbocycles. The highest BCUT2D eigenvalue weighted by atomic mass is 16.5. The van der Waals surface area contributed by atoms with Crippen molar-refractivity contribution in [1.29, 1.82) is 0 Å². The van der Waals surface area contributed by atoms with Gasteiger partial charge in [-0.05, 0) is 30.9 Å². The summed E-state index contributed by atoms with van der Waals surface area (Å²) in [7, 11) is 0. The predicted octanol–water partition coefficient (Wildman–Crippen LogP) is 3.62. The fraction of sp³-hybridized carbons (Fsp3) is 0.571. The maximum Gasteiger partial charge on any atom is 0.0825 e. The Balaban J connectivity index is 3.00. The van der Waals surface area contributed by atoms with Crippen molar-refractivity contribution in [2.75, 3.05) is 6.61 Å². The number of hydrogen-bond acceptors (Lipinski definition) is 2. The number of aliphatic hydroxyl groups is 1. The summed E-state index contributed by atoms with van der Waals surface area (Å²) in [5.74, 6) is 0. The summed E-state index contributed by atoms with van der Waals surface area (Å²) in [6.07, 6.45) is 1.38. The van der Waals surface area contributed by atoms with Crippen molar-refractivity contribution < 1.29 is 9.84 Å². The normalized spacial score (nSPS) is 14.8. The number of ether oxygens (including phenoxy) is 1. The smallest absolute Gasteiger partial charge is 0.0825 e. The van der Waals surface area contributed by atoms with Gasteiger partial charge in [0.1, 0.15) is 0 Å². The van der Waals surface area contributed by atoms with E-state index < -0.39 is 0 Å². The lowest BCUT2D eigenvalue weighted by Crippen LogP contribution is -2.08. The van der Waals surface area contributed by atoms with E-state index in [0.717, 1.165) is 24.0 Å². The largest absolute Gasteiger partial charge is 0.388 e. The molecular formula is C14H22O2. The maximum absolute atomic E-state index is 9.97. The molecule has 0 saturated heterocycles. The van der Waals surface area contributed by atoms with E-state index in [9.17, 15) is 5.11 Å². The molecule has 0 amide bonds. The van der Waals surface area contributed by atoms with E-state index >= 15 is 0 Å². The zero-order valence-electron chi connectivity index (χ0n) is 10.4. The first-order valence-corrected chi connectivity index (χ1v) is 6.13. The molecule has 1 rings (SSSR count). The topological polar surface area (TPSA) is 29.5 Å². The van der Waals surface area contributed by atoms with Crippen molar-refractivity contribution in [3.63, 3.8) is 0 Å². The van der Waals surface area contributed by atoms with Gasteiger partial charge in [-0.1, -0.05) is 38.1 Å². The van der Waals surface area contributed by atoms with Gasteiger partial charge < -0.3 is 9.84 Å². The molecule has 0 spiro atoms. The second kappa shape index (κ2) is 6.66. The first-order chi connectivity index (χ1) is 7.74. The quantitative estimate of drug-likeness (QED) is 0.796. The van der Waals surface area contributed by atoms with Gasteiger partial charge in [0.15, 0.2) is 0 Å². The van der Waals surface area contributed by atoms with E-state index in [1.807, 2.05) is 32.0 Å². The average Bonchev–Trinajstić information content (AvgIpc) is 2.35. The van der Waals surface area contributed by atoms with Crippen LogP contribution in [0.25, 0.3) is 0 Å². The lowest BCUT2D eigenvalue weighted by molar-refractivity contribution is 0.0565. The minimum Gasteiger partial charge on any atom is -0.388 e. The third kappa shape index (κ3) is 3.06. The van der Waals surface area contributed by atoms with Crippen LogP contribution in [0.2, 0.25) is 0 Å². The highest BCUT2D eigenvalue weighted by molar-refractivity contribution is 5.31. The van der Waals surface area contributed by atoms with Gasteiger partial charge in [0.05, 0.1) is 12.2 Å². The van der Waals surface area contributed by atoms with Crippen LogP contribution in [0.15, 0.2) is 24.3 Å². The molecule has 0 aliphatic rings. The van der Waals surface area contributed by atoms with E-state index in [-0.39, 0.29) is 12.2 Å². The first-order valence-electron chi connectivity index (χ1n) is 6.13. The van der Waals surface area contributed by atoms with Gasteiger partial charge in [-0.25, -0.2) is 0 Å². The van der Waals surface area contributed by atoms with Gasteiger partial charge in [0.2, 0.25) is 0 Å². The minimum absolute atomic E-state index is 0.0994. The summed E-state index contributed by atoms with van der Waals surface area (Å²) in [6.45, 7) is 6.80. The van der Waals surface area contributed by atoms with Gasteiger partial charge in [0.25, 0.3) is 0 Å². The van der Waals surface area contributed by atoms with E-state index in [1.54, 1.807) is 0 Å². The van der Waals surface area contributed by atoms with Crippen molar-refractivity contribution in [3.8, 4) is 0 Å². The van der Waals surface area contributed by atoms with Crippen molar-refractivity contribution in [3.05, 3.63) is 35.4 Å². The van der Waals surface area contributed by atoms with Gasteiger partial charge in [0, 0.05) is 6.61 Å². The van der Waals surface area contributed by atoms with Crippen molar-refractivity contribution in [2.45, 2.75) is 45.8 Å². The standard InChI is InChI=1S/C14H22O2/c1-4-13(15)11-9-7-8-10-12(11)14(5-2)16-6-3/h7-10,13-15H,4-6H2,1-3H3/t13-,14-/m1/s1. The SMILES string of the molecule is CCO[C@H](CC)c1ccccc1[C@H](O)CC. The Morgan fingerprint density at radius 3 is 2.19 bits per heavy atom. The molecule has 2 heteroatoms. The third-order valence-electron chi connectivity index (χ3n) is 2.83. The molecule has 1 aromatic rings. The highest BCUT2D eigenvalue weighted by Crippen LogP contribution is 2.29. The molecule has 0 bridgehead atoms. The second-order valence-electron chi connectivity index (χ2n) is 3.91. The summed E-state index contributed by atoms with van der Waals surface area (Å²) in [6, 6.07) is 8.02. The Labute approximate surface area is 98.3 Å². The molecule has 0 unspecified atom stereocenters. The van der Waals surface area contributed by atoms with Crippen LogP contribution in [0, 0.1) is 0 Å². The van der Waals surface area contributed by atoms with Crippen LogP contribution in [-0.2, 0) is 4.74 Å². The number of benzene rings is 1. The van der Waals surface area contributed by atoms with E-state index in [2.05, 4.69) is 13.0 Å². The number of aliphatic hydroxyl groups excluding tert-OH is 1. The second-order valence-corrected chi connectivity index (χ2v) is 3.91. The maximum atomic E-state index is 9.97. The molecule has 90 valence electrons. The summed E-state index contributed by atoms with van der Waals surface area (Å²) in [5, 5.41) is 9.97. The fourth-order valence-electron chi connectivity index (χ4n) is 1.96. The van der Waals surface area contributed by atoms with Gasteiger partial charge >= 0.3 is 0 Å². The molecule has 1 N–H and O–H groups in total. The number of hydrogen-bond donors (Lipinski definition) is 1. The zero-order valence-corrected chi connectivity index (χ0v) is 10.4. The predicted molar refractivity (Wildman–Crippen MR) is 66.4 cm³/mol. The highest BCUT2D eigenvalue weighted by Gasteiger charge is 2.16. The Morgan fingerprint density at radius 2 is 1.69 bits per heavy atom. The molecule has 16 heavy (non-hydrogen) atoms. The number of rotatable bonds is 6. The molecule has 0 aliphatic heterocycles. The van der Waals surface area contributed by atoms with Crippen LogP contribution < -0.4 is 0 Å². The lowest BCUT2D eigenvalue weighted by Gasteiger charge is -2.21. The molecule has 0 saturated carbocycles. The van der Waals surface area contributed by atoms with E-state index in [0.29, 0.717) is 6.61 Å². The van der Waals surface area contributed by atoms with Crippen LogP contribution in [0.1, 0.15) is 56.9 Å². The Hall–Kier alpha value is -0.860. The Morgan fingerprint density at radius 1 is 1.06 bits per heavy atom. The average molecular weight is 222 g/mol. The van der Waals surface area contributed by atoms with Gasteiger partial charge in [-0.3, -0.25) is 0 Å². The van der Waals surface area contributed by atoms with Crippen molar-refractivity contribution in [1.82, 2.24) is 0 Å². The van der Waals surface area contributed by atoms with Crippen LogP contribution in [-0.4, -0.2) is 11.7 Å². The summed E-state index contributed by atoms with van der Waals surface area (Å²) in [5.41, 5.74) is 2.13. The Bertz CT molecular complexity index is 309. The van der Waals surface area contributed by atoms with Crippen molar-refractivity contribution in [2.24, 2.45) is 0 Å². The van der Waals surface area contributed by atoms with Gasteiger partial charge in [-0.2, -0.15) is 0 Å². The third-order valence-corrected chi connectivity index (χ3v) is 2.83.